The minimum absolute atomic E-state index is 0.0135. The van der Waals surface area contributed by atoms with Gasteiger partial charge in [-0.3, -0.25) is 36.6 Å². The van der Waals surface area contributed by atoms with Crippen molar-refractivity contribution in [3.05, 3.63) is 0 Å². The zero-order valence-electron chi connectivity index (χ0n) is 80.2. The van der Waals surface area contributed by atoms with E-state index in [1.54, 1.807) is 0 Å². The third-order valence-electron chi connectivity index (χ3n) is 34.9. The van der Waals surface area contributed by atoms with E-state index in [1.165, 1.54) is 0 Å². The fraction of sp³-hybridized carbons (Fsp3) is 0.950. The van der Waals surface area contributed by atoms with Crippen molar-refractivity contribution in [2.75, 3.05) is 28.2 Å². The summed E-state index contributed by atoms with van der Waals surface area (Å²) < 4.78 is 311. The lowest BCUT2D eigenvalue weighted by molar-refractivity contribution is -0.601. The predicted octanol–water partition coefficient (Wildman–Crippen LogP) is 20.9. The molecule has 0 aromatic heterocycles. The van der Waals surface area contributed by atoms with Crippen molar-refractivity contribution < 1.29 is 162 Å². The van der Waals surface area contributed by atoms with Crippen LogP contribution in [0.3, 0.4) is 0 Å². The van der Waals surface area contributed by atoms with Crippen LogP contribution in [0.25, 0.3) is 0 Å². The molecule has 0 spiro atoms. The van der Waals surface area contributed by atoms with Crippen LogP contribution in [0, 0.1) is 21.7 Å². The Morgan fingerprint density at radius 3 is 0.453 bits per heavy atom. The average Bonchev–Trinajstić information content (AvgIpc) is 1.09. The Labute approximate surface area is 743 Å². The topological polar surface area (TPSA) is 204 Å². The van der Waals surface area contributed by atoms with Crippen molar-refractivity contribution in [3.63, 3.8) is 0 Å². The van der Waals surface area contributed by atoms with Crippen molar-refractivity contribution in [3.8, 4) is 0 Å². The van der Waals surface area contributed by atoms with Gasteiger partial charge in [0.1, 0.15) is 46.3 Å². The lowest BCUT2D eigenvalue weighted by Crippen LogP contribution is -2.75. The van der Waals surface area contributed by atoms with Gasteiger partial charge >= 0.3 is 58.2 Å². The van der Waals surface area contributed by atoms with Gasteiger partial charge in [-0.15, -0.1) is 0 Å². The maximum absolute atomic E-state index is 15.1. The molecular formula is C80H136B4F16N8O16P4. The van der Waals surface area contributed by atoms with Gasteiger partial charge in [0.2, 0.25) is 25.4 Å². The fourth-order valence-electron chi connectivity index (χ4n) is 29.5. The molecule has 0 radical (unpaired) electrons. The summed E-state index contributed by atoms with van der Waals surface area (Å²) in [5.74, 6) is -5.97. The lowest BCUT2D eigenvalue weighted by Gasteiger charge is -2.69. The highest BCUT2D eigenvalue weighted by Gasteiger charge is 2.89. The predicted molar refractivity (Wildman–Crippen MR) is 453 cm³/mol. The van der Waals surface area contributed by atoms with E-state index in [9.17, 15) is 69.1 Å². The van der Waals surface area contributed by atoms with Gasteiger partial charge in [0.15, 0.2) is 89.0 Å². The van der Waals surface area contributed by atoms with Gasteiger partial charge in [-0.05, 0) is 190 Å². The molecule has 4 saturated carbocycles. The summed E-state index contributed by atoms with van der Waals surface area (Å²) in [6.45, 7) is 59.8. The molecule has 128 heavy (non-hydrogen) atoms. The molecule has 0 unspecified atom stereocenters. The number of rotatable bonds is 4. The van der Waals surface area contributed by atoms with Gasteiger partial charge in [0, 0.05) is 73.0 Å². The van der Waals surface area contributed by atoms with E-state index >= 15 is 18.3 Å². The van der Waals surface area contributed by atoms with Gasteiger partial charge in [-0.2, -0.15) is 0 Å². The highest BCUT2D eigenvalue weighted by atomic mass is 31.2. The smallest absolute Gasteiger partial charge is 0.418 e. The molecule has 24 nitrogen and oxygen atoms in total. The van der Waals surface area contributed by atoms with Crippen molar-refractivity contribution in [2.45, 2.75) is 432 Å². The summed E-state index contributed by atoms with van der Waals surface area (Å²) in [4.78, 5) is 0. The van der Waals surface area contributed by atoms with Crippen molar-refractivity contribution in [1.29, 1.82) is 0 Å². The molecule has 0 N–H and O–H groups in total. The summed E-state index contributed by atoms with van der Waals surface area (Å²) in [5.41, 5.74) is 0.351. The summed E-state index contributed by atoms with van der Waals surface area (Å²) in [7, 11) is -27.9. The van der Waals surface area contributed by atoms with Crippen LogP contribution in [0.2, 0.25) is 0 Å². The highest BCUT2D eigenvalue weighted by Crippen LogP contribution is 2.89. The Bertz CT molecular complexity index is 4080. The Hall–Kier alpha value is -2.54. The van der Waals surface area contributed by atoms with Gasteiger partial charge < -0.3 is 126 Å². The SMILES string of the molecule is C[N+]1=CN(P2(=O)[C@@]3(C)C[C@]4(C)O[C@@](C)(C[C@@]2(C)O4)O3)[C@H]2CC[C@]1(C)C2(C)C.C[N+]1=CN(P2(=O)[C@@]3(C)C[C@]4(C)O[C@@](C)(C[C@@]2(C)O4)O3)[C@H]2CC[C@]1(C)C2(C)C.C[N+]1=CN(P2(=O)[C@]3(C)C[C@@]4(C)O[C@](C)(C[C@]2(C)O4)O3)[C@H]2CC[C@]1(C)C2(C)C.C[N+]1=CN(P2(=O)[C@]3(C)C[C@@]4(C)O[C@](C)(C[C@]2(C)O4)O3)[C@H]2CC[C@]1(C)C2(C)C.F[B-](F)(F)F.F[B-](F)(F)F.F[B-](F)(F)F.F[B-](F)(F)F. The standard InChI is InChI=1S/4C20H34N2O4P.4BF4/c4*1-15(2)14-9-10-16(15,3)21(8)13-22(14)27(23)19(6)11-17(4)24-18(5,26-19)12-20(27,7)25-17;4*2-1(3,4)5/h4*13-14H,9-12H2,1-8H3;;;;/q4*+1;4*-1/t2*14-,16+,17+,18+,19-,20-;2*14-,16+,17-,18-,19+,20+;;;;/m0000..../s1. The number of hydrogen-bond donors (Lipinski definition) is 0. The first kappa shape index (κ1) is 103. The second-order valence-electron chi connectivity index (χ2n) is 46.0. The van der Waals surface area contributed by atoms with Crippen LogP contribution in [0.4, 0.5) is 69.1 Å². The first-order chi connectivity index (χ1) is 56.6. The molecule has 0 aromatic carbocycles. The molecule has 24 atom stereocenters. The minimum atomic E-state index is -6.00. The molecule has 20 fully saturated rings. The Morgan fingerprint density at radius 1 is 0.234 bits per heavy atom. The first-order valence-corrected chi connectivity index (χ1v) is 51.0. The number of ether oxygens (including phenoxy) is 12. The largest absolute Gasteiger partial charge is 0.673 e. The fourth-order valence-corrected chi connectivity index (χ4v) is 48.3. The van der Waals surface area contributed by atoms with Crippen LogP contribution in [0.5, 0.6) is 0 Å². The van der Waals surface area contributed by atoms with Crippen LogP contribution in [-0.4, -0.2) is 255 Å². The summed E-state index contributed by atoms with van der Waals surface area (Å²) in [5, 5.41) is -6.30. The normalized spacial score (nSPS) is 53.1. The highest BCUT2D eigenvalue weighted by molar-refractivity contribution is 7.66. The molecule has 4 aliphatic carbocycles. The first-order valence-electron chi connectivity index (χ1n) is 44.4. The van der Waals surface area contributed by atoms with Crippen molar-refractivity contribution in [2.24, 2.45) is 21.7 Å². The zero-order valence-corrected chi connectivity index (χ0v) is 83.8. The molecule has 48 heteroatoms. The molecule has 24 bridgehead atoms. The van der Waals surface area contributed by atoms with Crippen LogP contribution in [0.15, 0.2) is 0 Å². The van der Waals surface area contributed by atoms with E-state index in [-0.39, 0.29) is 68.0 Å². The third kappa shape index (κ3) is 14.8. The summed E-state index contributed by atoms with van der Waals surface area (Å²) in [6, 6.07) is 0.850. The quantitative estimate of drug-likeness (QED) is 0.111. The van der Waals surface area contributed by atoms with Crippen molar-refractivity contribution in [1.82, 2.24) is 18.7 Å². The Kier molecular flexibility index (Phi) is 23.0. The average molecular weight is 1940 g/mol. The van der Waals surface area contributed by atoms with Crippen LogP contribution < -0.4 is 0 Å². The monoisotopic (exact) mass is 1940 g/mol. The van der Waals surface area contributed by atoms with E-state index in [2.05, 4.69) is 174 Å². The molecule has 20 aliphatic heterocycles. The minimum Gasteiger partial charge on any atom is -0.418 e. The van der Waals surface area contributed by atoms with Gasteiger partial charge in [0.25, 0.3) is 0 Å². The molecule has 0 aromatic rings. The van der Waals surface area contributed by atoms with Crippen LogP contribution in [0.1, 0.15) is 297 Å². The Morgan fingerprint density at radius 2 is 0.344 bits per heavy atom. The van der Waals surface area contributed by atoms with E-state index in [0.29, 0.717) is 51.4 Å². The lowest BCUT2D eigenvalue weighted by atomic mass is 9.73. The number of nitrogens with zero attached hydrogens (tertiary/aromatic N) is 8. The van der Waals surface area contributed by atoms with Gasteiger partial charge in [-0.1, -0.05) is 55.4 Å². The van der Waals surface area contributed by atoms with E-state index in [1.807, 2.05) is 111 Å². The molecule has 0 amide bonds. The maximum atomic E-state index is 15.1. The van der Waals surface area contributed by atoms with E-state index < -0.39 is 147 Å². The second-order valence-corrected chi connectivity index (χ2v) is 60.0. The second kappa shape index (κ2) is 28.6. The third-order valence-corrected chi connectivity index (χ3v) is 51.3. The van der Waals surface area contributed by atoms with Crippen LogP contribution >= 0.6 is 29.2 Å². The number of hydrogen-bond acceptors (Lipinski definition) is 16. The summed E-state index contributed by atoms with van der Waals surface area (Å²) >= 11 is 0. The Balaban J connectivity index is 0.000000136. The molecule has 16 saturated heterocycles. The molecule has 24 rings (SSSR count). The van der Waals surface area contributed by atoms with Crippen molar-refractivity contribution >= 4 is 83.5 Å². The number of halogens is 16. The van der Waals surface area contributed by atoms with Gasteiger partial charge in [0.05, 0.1) is 28.2 Å². The van der Waals surface area contributed by atoms with E-state index in [4.69, 9.17) is 56.8 Å². The molecule has 736 valence electrons. The molecular weight excluding hydrogens is 1800 g/mol. The number of fused-ring (bicyclic) bond motifs is 8. The maximum Gasteiger partial charge on any atom is 0.673 e. The zero-order chi connectivity index (χ0) is 97.6. The van der Waals surface area contributed by atoms with Crippen LogP contribution in [-0.2, 0) is 75.1 Å². The molecule has 24 aliphatic rings. The van der Waals surface area contributed by atoms with Gasteiger partial charge in [-0.25, -0.2) is 18.7 Å². The van der Waals surface area contributed by atoms with E-state index in [0.717, 1.165) is 51.4 Å². The molecule has 20 heterocycles. The summed E-state index contributed by atoms with van der Waals surface area (Å²) in [6.07, 6.45) is 20.9.